The minimum Gasteiger partial charge on any atom is -0.458 e. The lowest BCUT2D eigenvalue weighted by molar-refractivity contribution is -0.172. The van der Waals surface area contributed by atoms with E-state index in [0.717, 1.165) is 16.5 Å². The Balaban J connectivity index is 1.80. The molecule has 3 N–H and O–H groups in total. The first-order valence-electron chi connectivity index (χ1n) is 10.3. The van der Waals surface area contributed by atoms with E-state index in [1.54, 1.807) is 35.8 Å². The molecule has 0 aliphatic carbocycles. The number of carbonyl (C=O) groups excluding carboxylic acids is 1. The van der Waals surface area contributed by atoms with Crippen molar-refractivity contribution in [3.63, 3.8) is 0 Å². The molecule has 0 radical (unpaired) electrons. The number of aryl methyl sites for hydroxylation is 1. The molecule has 0 unspecified atom stereocenters. The van der Waals surface area contributed by atoms with E-state index < -0.39 is 18.7 Å². The van der Waals surface area contributed by atoms with Gasteiger partial charge in [0.25, 0.3) is 5.56 Å². The monoisotopic (exact) mass is 420 g/mol. The zero-order chi connectivity index (χ0) is 22.1. The van der Waals surface area contributed by atoms with Crippen LogP contribution in [0.4, 0.5) is 0 Å². The molecule has 1 atom stereocenters. The molecule has 8 nitrogen and oxygen atoms in total. The van der Waals surface area contributed by atoms with Crippen LogP contribution < -0.4 is 11.0 Å². The van der Waals surface area contributed by atoms with E-state index in [1.165, 1.54) is 0 Å². The molecule has 0 saturated heterocycles. The smallest absolute Gasteiger partial charge is 0.458 e. The third-order valence-electron chi connectivity index (χ3n) is 6.48. The molecule has 0 spiro atoms. The molecule has 0 fully saturated rings. The maximum absolute atomic E-state index is 13.3. The number of carbonyl (C=O) groups is 1. The number of aromatic nitrogens is 2. The summed E-state index contributed by atoms with van der Waals surface area (Å²) >= 11 is 0. The summed E-state index contributed by atoms with van der Waals surface area (Å²) in [5.41, 5.74) is 2.50. The van der Waals surface area contributed by atoms with Crippen LogP contribution in [-0.4, -0.2) is 37.8 Å². The number of aliphatic hydroxyl groups is 1. The van der Waals surface area contributed by atoms with Gasteiger partial charge in [-0.05, 0) is 36.0 Å². The van der Waals surface area contributed by atoms with Crippen LogP contribution >= 0.6 is 0 Å². The zero-order valence-corrected chi connectivity index (χ0v) is 17.2. The van der Waals surface area contributed by atoms with E-state index in [2.05, 4.69) is 0 Å². The van der Waals surface area contributed by atoms with Gasteiger partial charge in [-0.1, -0.05) is 26.0 Å². The lowest BCUT2D eigenvalue weighted by atomic mass is 9.79. The summed E-state index contributed by atoms with van der Waals surface area (Å²) in [6, 6.07) is 6.73. The third kappa shape index (κ3) is 2.64. The molecule has 1 aromatic carbocycles. The Morgan fingerprint density at radius 3 is 2.65 bits per heavy atom. The quantitative estimate of drug-likeness (QED) is 0.322. The second kappa shape index (κ2) is 6.75. The van der Waals surface area contributed by atoms with Crippen molar-refractivity contribution in [1.82, 2.24) is 9.55 Å². The summed E-state index contributed by atoms with van der Waals surface area (Å²) in [5, 5.41) is 30.9. The molecule has 0 saturated carbocycles. The summed E-state index contributed by atoms with van der Waals surface area (Å²) < 4.78 is 6.71. The van der Waals surface area contributed by atoms with Gasteiger partial charge in [-0.2, -0.15) is 0 Å². The average molecular weight is 420 g/mol. The molecule has 158 valence electrons. The van der Waals surface area contributed by atoms with Crippen LogP contribution in [0.15, 0.2) is 29.1 Å². The number of hydrogen-bond donors (Lipinski definition) is 3. The maximum atomic E-state index is 13.3. The fraction of sp³-hybridized carbons (Fsp3) is 0.318. The highest BCUT2D eigenvalue weighted by atomic mass is 16.6. The van der Waals surface area contributed by atoms with Gasteiger partial charge in [0.2, 0.25) is 0 Å². The highest BCUT2D eigenvalue weighted by molar-refractivity contribution is 6.58. The van der Waals surface area contributed by atoms with Crippen molar-refractivity contribution in [3.05, 3.63) is 56.9 Å². The summed E-state index contributed by atoms with van der Waals surface area (Å²) in [6.07, 6.45) is 0.751. The van der Waals surface area contributed by atoms with Gasteiger partial charge in [0, 0.05) is 16.5 Å². The Hall–Kier alpha value is -3.01. The van der Waals surface area contributed by atoms with Gasteiger partial charge in [-0.3, -0.25) is 4.79 Å². The maximum Gasteiger partial charge on any atom is 0.488 e. The first-order chi connectivity index (χ1) is 14.8. The highest BCUT2D eigenvalue weighted by Gasteiger charge is 2.45. The van der Waals surface area contributed by atoms with Crippen molar-refractivity contribution in [1.29, 1.82) is 0 Å². The number of fused-ring (bicyclic) bond motifs is 5. The molecular weight excluding hydrogens is 399 g/mol. The van der Waals surface area contributed by atoms with Crippen molar-refractivity contribution in [3.8, 4) is 11.4 Å². The van der Waals surface area contributed by atoms with Crippen LogP contribution in [0.5, 0.6) is 0 Å². The van der Waals surface area contributed by atoms with E-state index in [0.29, 0.717) is 35.3 Å². The number of rotatable bonds is 3. The molecular formula is C22H21BN2O6. The largest absolute Gasteiger partial charge is 0.488 e. The Morgan fingerprint density at radius 2 is 1.97 bits per heavy atom. The van der Waals surface area contributed by atoms with Crippen LogP contribution in [0, 0.1) is 0 Å². The SMILES string of the molecule is CCc1c2c(nc3ccc(B(O)O)cc13)-c1cc3c(c(=O)n1C2)COC(=O)[C@]3(O)CC. The van der Waals surface area contributed by atoms with Gasteiger partial charge in [0.15, 0.2) is 5.60 Å². The number of nitrogens with zero attached hydrogens (tertiary/aromatic N) is 2. The minimum absolute atomic E-state index is 0.0895. The third-order valence-corrected chi connectivity index (χ3v) is 6.48. The summed E-state index contributed by atoms with van der Waals surface area (Å²) in [6.45, 7) is 3.81. The Morgan fingerprint density at radius 1 is 1.19 bits per heavy atom. The summed E-state index contributed by atoms with van der Waals surface area (Å²) in [5.74, 6) is -0.749. The average Bonchev–Trinajstić information content (AvgIpc) is 3.13. The number of hydrogen-bond acceptors (Lipinski definition) is 7. The second-order valence-corrected chi connectivity index (χ2v) is 8.02. The molecule has 2 aliphatic heterocycles. The number of cyclic esters (lactones) is 1. The van der Waals surface area contributed by atoms with Gasteiger partial charge in [0.05, 0.1) is 29.0 Å². The topological polar surface area (TPSA) is 122 Å². The van der Waals surface area contributed by atoms with Crippen LogP contribution in [0.25, 0.3) is 22.3 Å². The standard InChI is InChI=1S/C22H21BN2O6/c1-3-12-13-7-11(23(29)30)5-6-17(13)24-19-14(12)9-25-18(19)8-16-15(20(25)26)10-31-21(27)22(16,28)4-2/h5-8,28-30H,3-4,9-10H2,1-2H3/t22-/m0/s1. The van der Waals surface area contributed by atoms with E-state index in [9.17, 15) is 24.7 Å². The van der Waals surface area contributed by atoms with E-state index in [-0.39, 0.29) is 29.7 Å². The van der Waals surface area contributed by atoms with Gasteiger partial charge in [0.1, 0.15) is 6.61 Å². The van der Waals surface area contributed by atoms with Crippen LogP contribution in [0.1, 0.15) is 42.5 Å². The van der Waals surface area contributed by atoms with Crippen molar-refractivity contribution in [2.75, 3.05) is 0 Å². The van der Waals surface area contributed by atoms with E-state index in [1.807, 2.05) is 6.92 Å². The van der Waals surface area contributed by atoms with Gasteiger partial charge < -0.3 is 24.5 Å². The fourth-order valence-corrected chi connectivity index (χ4v) is 4.74. The Kier molecular flexibility index (Phi) is 4.34. The Bertz CT molecular complexity index is 1330. The molecule has 0 bridgehead atoms. The van der Waals surface area contributed by atoms with Crippen molar-refractivity contribution < 1.29 is 24.7 Å². The molecule has 2 aromatic heterocycles. The number of esters is 1. The molecule has 4 heterocycles. The van der Waals surface area contributed by atoms with Gasteiger partial charge in [-0.15, -0.1) is 0 Å². The number of benzene rings is 1. The minimum atomic E-state index is -1.86. The van der Waals surface area contributed by atoms with Gasteiger partial charge in [-0.25, -0.2) is 9.78 Å². The van der Waals surface area contributed by atoms with Crippen LogP contribution in [0.3, 0.4) is 0 Å². The van der Waals surface area contributed by atoms with Gasteiger partial charge >= 0.3 is 13.1 Å². The number of ether oxygens (including phenoxy) is 1. The van der Waals surface area contributed by atoms with Crippen molar-refractivity contribution in [2.24, 2.45) is 0 Å². The van der Waals surface area contributed by atoms with E-state index in [4.69, 9.17) is 9.72 Å². The lowest BCUT2D eigenvalue weighted by Crippen LogP contribution is -2.44. The number of pyridine rings is 2. The molecule has 5 rings (SSSR count). The molecule has 9 heteroatoms. The first-order valence-corrected chi connectivity index (χ1v) is 10.3. The van der Waals surface area contributed by atoms with E-state index >= 15 is 0 Å². The fourth-order valence-electron chi connectivity index (χ4n) is 4.74. The summed E-state index contributed by atoms with van der Waals surface area (Å²) in [7, 11) is -1.59. The predicted octanol–water partition coefficient (Wildman–Crippen LogP) is 0.322. The normalized spacial score (nSPS) is 19.1. The molecule has 2 aliphatic rings. The zero-order valence-electron chi connectivity index (χ0n) is 17.2. The molecule has 3 aromatic rings. The molecule has 0 amide bonds. The van der Waals surface area contributed by atoms with Crippen molar-refractivity contribution >= 4 is 29.5 Å². The van der Waals surface area contributed by atoms with Crippen LogP contribution in [0.2, 0.25) is 0 Å². The second-order valence-electron chi connectivity index (χ2n) is 8.02. The first kappa shape index (κ1) is 19.9. The lowest BCUT2D eigenvalue weighted by Gasteiger charge is -2.31. The van der Waals surface area contributed by atoms with Crippen molar-refractivity contribution in [2.45, 2.75) is 45.4 Å². The molecule has 31 heavy (non-hydrogen) atoms. The van der Waals surface area contributed by atoms with Crippen LogP contribution in [-0.2, 0) is 34.7 Å². The highest BCUT2D eigenvalue weighted by Crippen LogP contribution is 2.40. The summed E-state index contributed by atoms with van der Waals surface area (Å²) in [4.78, 5) is 30.3. The Labute approximate surface area is 177 Å². The predicted molar refractivity (Wildman–Crippen MR) is 114 cm³/mol.